The molecule has 0 unspecified atom stereocenters. The number of hydrogen-bond acceptors (Lipinski definition) is 2. The van der Waals surface area contributed by atoms with Crippen LogP contribution in [0.5, 0.6) is 5.75 Å². The molecule has 0 saturated heterocycles. The molecule has 0 radical (unpaired) electrons. The van der Waals surface area contributed by atoms with E-state index in [-0.39, 0.29) is 0 Å². The average Bonchev–Trinajstić information content (AvgIpc) is 2.89. The topological polar surface area (TPSA) is 33.0 Å². The summed E-state index contributed by atoms with van der Waals surface area (Å²) in [6.45, 7) is 2.00. The fourth-order valence-electron chi connectivity index (χ4n) is 1.18. The summed E-state index contributed by atoms with van der Waals surface area (Å²) in [5.74, 6) is 0.741. The lowest BCUT2D eigenvalue weighted by atomic mass is 10.1. The molecule has 1 aliphatic rings. The predicted octanol–water partition coefficient (Wildman–Crippen LogP) is 2.41. The van der Waals surface area contributed by atoms with Crippen molar-refractivity contribution in [3.63, 3.8) is 0 Å². The first kappa shape index (κ1) is 8.12. The molecule has 1 saturated carbocycles. The fraction of sp³-hybridized carbons (Fsp3) is 0.364. The summed E-state index contributed by atoms with van der Waals surface area (Å²) in [6, 6.07) is 7.80. The molecule has 0 heterocycles. The zero-order chi connectivity index (χ0) is 9.26. The second-order valence-corrected chi connectivity index (χ2v) is 3.43. The molecule has 0 N–H and O–H groups in total. The van der Waals surface area contributed by atoms with Gasteiger partial charge in [0.05, 0.1) is 11.7 Å². The van der Waals surface area contributed by atoms with E-state index in [4.69, 9.17) is 10.00 Å². The molecule has 1 aliphatic carbocycles. The van der Waals surface area contributed by atoms with E-state index in [1.165, 1.54) is 0 Å². The fourth-order valence-corrected chi connectivity index (χ4v) is 1.18. The van der Waals surface area contributed by atoms with Crippen LogP contribution in [0.25, 0.3) is 0 Å². The van der Waals surface area contributed by atoms with Gasteiger partial charge in [-0.25, -0.2) is 0 Å². The van der Waals surface area contributed by atoms with Gasteiger partial charge in [0.1, 0.15) is 11.8 Å². The molecule has 2 heteroatoms. The van der Waals surface area contributed by atoms with Crippen LogP contribution in [0.4, 0.5) is 0 Å². The van der Waals surface area contributed by atoms with Crippen molar-refractivity contribution in [1.82, 2.24) is 0 Å². The molecule has 0 aliphatic heterocycles. The summed E-state index contributed by atoms with van der Waals surface area (Å²) < 4.78 is 5.61. The Morgan fingerprint density at radius 2 is 2.23 bits per heavy atom. The Labute approximate surface area is 77.8 Å². The van der Waals surface area contributed by atoms with Gasteiger partial charge in [-0.1, -0.05) is 6.07 Å². The molecule has 2 rings (SSSR count). The highest BCUT2D eigenvalue weighted by molar-refractivity contribution is 5.45. The minimum atomic E-state index is 0.355. The number of ether oxygens (including phenoxy) is 1. The van der Waals surface area contributed by atoms with Gasteiger partial charge in [0, 0.05) is 0 Å². The molecule has 2 nitrogen and oxygen atoms in total. The lowest BCUT2D eigenvalue weighted by molar-refractivity contribution is 0.302. The average molecular weight is 173 g/mol. The quantitative estimate of drug-likeness (QED) is 0.688. The molecule has 1 aromatic carbocycles. The van der Waals surface area contributed by atoms with Crippen LogP contribution in [0.15, 0.2) is 18.2 Å². The molecule has 0 amide bonds. The maximum Gasteiger partial charge on any atom is 0.137 e. The van der Waals surface area contributed by atoms with Gasteiger partial charge in [0.25, 0.3) is 0 Å². The Morgan fingerprint density at radius 1 is 1.46 bits per heavy atom. The van der Waals surface area contributed by atoms with Crippen LogP contribution in [0.3, 0.4) is 0 Å². The van der Waals surface area contributed by atoms with Crippen LogP contribution in [0.1, 0.15) is 24.0 Å². The predicted molar refractivity (Wildman–Crippen MR) is 49.5 cm³/mol. The number of aryl methyl sites for hydroxylation is 1. The summed E-state index contributed by atoms with van der Waals surface area (Å²) >= 11 is 0. The van der Waals surface area contributed by atoms with Crippen LogP contribution in [-0.4, -0.2) is 6.10 Å². The van der Waals surface area contributed by atoms with E-state index in [9.17, 15) is 0 Å². The Bertz CT molecular complexity index is 361. The summed E-state index contributed by atoms with van der Waals surface area (Å²) in [4.78, 5) is 0. The SMILES string of the molecule is Cc1ccc(C#N)c(OC2CC2)c1. The van der Waals surface area contributed by atoms with Crippen LogP contribution >= 0.6 is 0 Å². The van der Waals surface area contributed by atoms with Crippen molar-refractivity contribution in [2.75, 3.05) is 0 Å². The number of nitrogens with zero attached hydrogens (tertiary/aromatic N) is 1. The number of rotatable bonds is 2. The highest BCUT2D eigenvalue weighted by Gasteiger charge is 2.24. The molecule has 0 atom stereocenters. The molecule has 66 valence electrons. The normalized spacial score (nSPS) is 15.1. The highest BCUT2D eigenvalue weighted by Crippen LogP contribution is 2.29. The lowest BCUT2D eigenvalue weighted by Gasteiger charge is -2.06. The molecule has 1 aromatic rings. The zero-order valence-electron chi connectivity index (χ0n) is 7.58. The Hall–Kier alpha value is -1.49. The highest BCUT2D eigenvalue weighted by atomic mass is 16.5. The van der Waals surface area contributed by atoms with Crippen molar-refractivity contribution in [1.29, 1.82) is 5.26 Å². The van der Waals surface area contributed by atoms with Gasteiger partial charge < -0.3 is 4.74 Å². The third kappa shape index (κ3) is 1.81. The molecule has 0 bridgehead atoms. The first-order chi connectivity index (χ1) is 6.29. The van der Waals surface area contributed by atoms with Crippen molar-refractivity contribution in [3.05, 3.63) is 29.3 Å². The Balaban J connectivity index is 2.29. The number of nitriles is 1. The van der Waals surface area contributed by atoms with Crippen LogP contribution in [-0.2, 0) is 0 Å². The maximum atomic E-state index is 8.81. The van der Waals surface area contributed by atoms with Gasteiger partial charge in [0.15, 0.2) is 0 Å². The van der Waals surface area contributed by atoms with Gasteiger partial charge in [-0.2, -0.15) is 5.26 Å². The number of hydrogen-bond donors (Lipinski definition) is 0. The third-order valence-corrected chi connectivity index (χ3v) is 2.08. The van der Waals surface area contributed by atoms with Crippen molar-refractivity contribution in [2.45, 2.75) is 25.9 Å². The molecular weight excluding hydrogens is 162 g/mol. The van der Waals surface area contributed by atoms with Crippen LogP contribution in [0, 0.1) is 18.3 Å². The van der Waals surface area contributed by atoms with Gasteiger partial charge >= 0.3 is 0 Å². The van der Waals surface area contributed by atoms with E-state index in [0.29, 0.717) is 11.7 Å². The number of benzene rings is 1. The summed E-state index contributed by atoms with van der Waals surface area (Å²) in [7, 11) is 0. The van der Waals surface area contributed by atoms with Gasteiger partial charge in [-0.3, -0.25) is 0 Å². The molecule has 0 spiro atoms. The van der Waals surface area contributed by atoms with Crippen LogP contribution < -0.4 is 4.74 Å². The van der Waals surface area contributed by atoms with E-state index in [1.807, 2.05) is 25.1 Å². The van der Waals surface area contributed by atoms with Crippen molar-refractivity contribution < 1.29 is 4.74 Å². The van der Waals surface area contributed by atoms with Crippen molar-refractivity contribution in [3.8, 4) is 11.8 Å². The van der Waals surface area contributed by atoms with Crippen LogP contribution in [0.2, 0.25) is 0 Å². The molecule has 13 heavy (non-hydrogen) atoms. The minimum Gasteiger partial charge on any atom is -0.489 e. The molecule has 1 fully saturated rings. The third-order valence-electron chi connectivity index (χ3n) is 2.08. The standard InChI is InChI=1S/C11H11NO/c1-8-2-3-9(7-12)11(6-8)13-10-4-5-10/h2-3,6,10H,4-5H2,1H3. The van der Waals surface area contributed by atoms with E-state index < -0.39 is 0 Å². The summed E-state index contributed by atoms with van der Waals surface area (Å²) in [5.41, 5.74) is 1.77. The van der Waals surface area contributed by atoms with Crippen molar-refractivity contribution >= 4 is 0 Å². The van der Waals surface area contributed by atoms with Gasteiger partial charge in [-0.05, 0) is 37.5 Å². The maximum absolute atomic E-state index is 8.81. The molecule has 0 aromatic heterocycles. The summed E-state index contributed by atoms with van der Waals surface area (Å²) in [6.07, 6.45) is 2.60. The van der Waals surface area contributed by atoms with Gasteiger partial charge in [0.2, 0.25) is 0 Å². The second kappa shape index (κ2) is 3.10. The summed E-state index contributed by atoms with van der Waals surface area (Å²) in [5, 5.41) is 8.81. The van der Waals surface area contributed by atoms with E-state index in [2.05, 4.69) is 6.07 Å². The lowest BCUT2D eigenvalue weighted by Crippen LogP contribution is -1.98. The zero-order valence-corrected chi connectivity index (χ0v) is 7.58. The van der Waals surface area contributed by atoms with E-state index in [0.717, 1.165) is 24.2 Å². The van der Waals surface area contributed by atoms with E-state index >= 15 is 0 Å². The minimum absolute atomic E-state index is 0.355. The van der Waals surface area contributed by atoms with Gasteiger partial charge in [-0.15, -0.1) is 0 Å². The van der Waals surface area contributed by atoms with E-state index in [1.54, 1.807) is 0 Å². The first-order valence-corrected chi connectivity index (χ1v) is 4.47. The second-order valence-electron chi connectivity index (χ2n) is 3.43. The van der Waals surface area contributed by atoms with Crippen molar-refractivity contribution in [2.24, 2.45) is 0 Å². The monoisotopic (exact) mass is 173 g/mol. The largest absolute Gasteiger partial charge is 0.489 e. The molecular formula is C11H11NO. The Kier molecular flexibility index (Phi) is 1.94. The first-order valence-electron chi connectivity index (χ1n) is 4.47. The smallest absolute Gasteiger partial charge is 0.137 e. The Morgan fingerprint density at radius 3 is 2.85 bits per heavy atom.